The largest absolute Gasteiger partial charge is 0.316 e. The minimum atomic E-state index is -0.513. The van der Waals surface area contributed by atoms with Crippen LogP contribution in [0.25, 0.3) is 0 Å². The zero-order chi connectivity index (χ0) is 15.6. The second kappa shape index (κ2) is 6.01. The van der Waals surface area contributed by atoms with Gasteiger partial charge in [-0.2, -0.15) is 0 Å². The fourth-order valence-electron chi connectivity index (χ4n) is 1.78. The Labute approximate surface area is 129 Å². The maximum absolute atomic E-state index is 12.1. The molecule has 0 fully saturated rings. The second-order valence-electron chi connectivity index (χ2n) is 4.56. The second-order valence-corrected chi connectivity index (χ2v) is 5.47. The molecule has 6 nitrogen and oxygen atoms in total. The molecule has 0 bridgehead atoms. The van der Waals surface area contributed by atoms with Crippen LogP contribution in [-0.4, -0.2) is 15.8 Å². The Morgan fingerprint density at radius 3 is 2.52 bits per heavy atom. The first kappa shape index (κ1) is 15.1. The van der Waals surface area contributed by atoms with Gasteiger partial charge in [-0.1, -0.05) is 0 Å². The van der Waals surface area contributed by atoms with E-state index < -0.39 is 10.8 Å². The van der Waals surface area contributed by atoms with Gasteiger partial charge in [0.25, 0.3) is 11.6 Å². The maximum atomic E-state index is 12.1. The normalized spacial score (nSPS) is 10.2. The van der Waals surface area contributed by atoms with Gasteiger partial charge in [0.1, 0.15) is 5.69 Å². The number of nitro benzene ring substituents is 1. The fourth-order valence-corrected chi connectivity index (χ4v) is 2.15. The third-order valence-corrected chi connectivity index (χ3v) is 3.46. The lowest BCUT2D eigenvalue weighted by atomic mass is 10.1. The van der Waals surface area contributed by atoms with Gasteiger partial charge in [-0.15, -0.1) is 0 Å². The first-order chi connectivity index (χ1) is 9.88. The van der Waals surface area contributed by atoms with Crippen molar-refractivity contribution in [3.63, 3.8) is 0 Å². The van der Waals surface area contributed by atoms with E-state index in [9.17, 15) is 14.9 Å². The lowest BCUT2D eigenvalue weighted by molar-refractivity contribution is -0.384. The quantitative estimate of drug-likeness (QED) is 0.677. The standard InChI is InChI=1S/C14H12BrN3O3/c1-8-3-12(13(18(20)21)4-9(8)2)17-14(19)10-5-11(15)7-16-6-10/h3-7H,1-2H3,(H,17,19). The van der Waals surface area contributed by atoms with Crippen molar-refractivity contribution >= 4 is 33.2 Å². The summed E-state index contributed by atoms with van der Waals surface area (Å²) in [5, 5.41) is 13.7. The molecule has 7 heteroatoms. The average Bonchev–Trinajstić information content (AvgIpc) is 2.42. The number of hydrogen-bond donors (Lipinski definition) is 1. The number of nitro groups is 1. The van der Waals surface area contributed by atoms with E-state index in [1.807, 2.05) is 6.92 Å². The van der Waals surface area contributed by atoms with E-state index in [4.69, 9.17) is 0 Å². The number of aryl methyl sites for hydroxylation is 2. The van der Waals surface area contributed by atoms with Gasteiger partial charge in [0, 0.05) is 22.9 Å². The van der Waals surface area contributed by atoms with Crippen molar-refractivity contribution in [1.82, 2.24) is 4.98 Å². The molecule has 108 valence electrons. The Bertz CT molecular complexity index is 731. The van der Waals surface area contributed by atoms with Gasteiger partial charge in [0.05, 0.1) is 10.5 Å². The molecule has 0 unspecified atom stereocenters. The summed E-state index contributed by atoms with van der Waals surface area (Å²) in [6.45, 7) is 3.61. The van der Waals surface area contributed by atoms with Crippen LogP contribution in [0.2, 0.25) is 0 Å². The number of amides is 1. The van der Waals surface area contributed by atoms with E-state index in [2.05, 4.69) is 26.2 Å². The molecule has 0 aliphatic carbocycles. The molecule has 0 aliphatic rings. The van der Waals surface area contributed by atoms with Gasteiger partial charge in [-0.25, -0.2) is 0 Å². The van der Waals surface area contributed by atoms with Crippen LogP contribution in [0.1, 0.15) is 21.5 Å². The summed E-state index contributed by atoms with van der Waals surface area (Å²) < 4.78 is 0.657. The van der Waals surface area contributed by atoms with E-state index in [1.165, 1.54) is 12.3 Å². The van der Waals surface area contributed by atoms with Crippen molar-refractivity contribution in [3.8, 4) is 0 Å². The van der Waals surface area contributed by atoms with Crippen molar-refractivity contribution in [2.45, 2.75) is 13.8 Å². The van der Waals surface area contributed by atoms with Crippen LogP contribution < -0.4 is 5.32 Å². The average molecular weight is 350 g/mol. The van der Waals surface area contributed by atoms with Gasteiger partial charge >= 0.3 is 0 Å². The predicted octanol–water partition coefficient (Wildman–Crippen LogP) is 3.62. The minimum Gasteiger partial charge on any atom is -0.316 e. The number of pyridine rings is 1. The van der Waals surface area contributed by atoms with Gasteiger partial charge in [-0.05, 0) is 53.0 Å². The number of halogens is 1. The lowest BCUT2D eigenvalue weighted by Crippen LogP contribution is -2.13. The lowest BCUT2D eigenvalue weighted by Gasteiger charge is -2.09. The number of nitrogens with zero attached hydrogens (tertiary/aromatic N) is 2. The summed E-state index contributed by atoms with van der Waals surface area (Å²) in [4.78, 5) is 26.6. The number of nitrogens with one attached hydrogen (secondary N) is 1. The van der Waals surface area contributed by atoms with E-state index in [0.29, 0.717) is 10.0 Å². The monoisotopic (exact) mass is 349 g/mol. The Morgan fingerprint density at radius 1 is 1.24 bits per heavy atom. The molecule has 0 aliphatic heterocycles. The van der Waals surface area contributed by atoms with Crippen LogP contribution in [-0.2, 0) is 0 Å². The van der Waals surface area contributed by atoms with Crippen LogP contribution in [0.3, 0.4) is 0 Å². The summed E-state index contributed by atoms with van der Waals surface area (Å²) >= 11 is 3.22. The zero-order valence-corrected chi connectivity index (χ0v) is 13.0. The van der Waals surface area contributed by atoms with Crippen molar-refractivity contribution < 1.29 is 9.72 Å². The molecule has 0 atom stereocenters. The molecule has 1 heterocycles. The molecule has 2 rings (SSSR count). The molecular formula is C14H12BrN3O3. The maximum Gasteiger partial charge on any atom is 0.293 e. The third kappa shape index (κ3) is 3.43. The number of aromatic nitrogens is 1. The molecule has 0 spiro atoms. The number of hydrogen-bond acceptors (Lipinski definition) is 4. The Morgan fingerprint density at radius 2 is 1.90 bits per heavy atom. The van der Waals surface area contributed by atoms with Gasteiger partial charge in [-0.3, -0.25) is 19.9 Å². The van der Waals surface area contributed by atoms with Gasteiger partial charge in [0.2, 0.25) is 0 Å². The first-order valence-electron chi connectivity index (χ1n) is 6.06. The Balaban J connectivity index is 2.37. The number of anilines is 1. The van der Waals surface area contributed by atoms with Crippen molar-refractivity contribution in [3.05, 3.63) is 61.9 Å². The molecule has 1 amide bonds. The summed E-state index contributed by atoms with van der Waals surface area (Å²) in [6.07, 6.45) is 2.95. The van der Waals surface area contributed by atoms with Gasteiger partial charge in [0.15, 0.2) is 0 Å². The predicted molar refractivity (Wildman–Crippen MR) is 82.5 cm³/mol. The molecule has 0 saturated carbocycles. The number of carbonyl (C=O) groups excluding carboxylic acids is 1. The SMILES string of the molecule is Cc1cc(NC(=O)c2cncc(Br)c2)c([N+](=O)[O-])cc1C. The summed E-state index contributed by atoms with van der Waals surface area (Å²) in [5.41, 5.74) is 2.02. The van der Waals surface area contributed by atoms with Crippen molar-refractivity contribution in [2.24, 2.45) is 0 Å². The van der Waals surface area contributed by atoms with Gasteiger partial charge < -0.3 is 5.32 Å². The molecule has 1 aromatic carbocycles. The third-order valence-electron chi connectivity index (χ3n) is 3.02. The molecule has 2 aromatic rings. The van der Waals surface area contributed by atoms with Crippen LogP contribution in [0.15, 0.2) is 35.1 Å². The first-order valence-corrected chi connectivity index (χ1v) is 6.85. The Hall–Kier alpha value is -2.28. The van der Waals surface area contributed by atoms with Crippen LogP contribution in [0, 0.1) is 24.0 Å². The number of carbonyl (C=O) groups is 1. The molecule has 0 saturated heterocycles. The Kier molecular flexibility index (Phi) is 4.32. The van der Waals surface area contributed by atoms with E-state index in [1.54, 1.807) is 25.3 Å². The highest BCUT2D eigenvalue weighted by Crippen LogP contribution is 2.28. The minimum absolute atomic E-state index is 0.130. The number of benzene rings is 1. The fraction of sp³-hybridized carbons (Fsp3) is 0.143. The highest BCUT2D eigenvalue weighted by atomic mass is 79.9. The van der Waals surface area contributed by atoms with Crippen LogP contribution in [0.4, 0.5) is 11.4 Å². The van der Waals surface area contributed by atoms with E-state index >= 15 is 0 Å². The van der Waals surface area contributed by atoms with E-state index in [-0.39, 0.29) is 11.4 Å². The summed E-state index contributed by atoms with van der Waals surface area (Å²) in [5.74, 6) is -0.449. The highest BCUT2D eigenvalue weighted by Gasteiger charge is 2.18. The molecule has 21 heavy (non-hydrogen) atoms. The molecule has 0 radical (unpaired) electrons. The zero-order valence-electron chi connectivity index (χ0n) is 11.4. The summed E-state index contributed by atoms with van der Waals surface area (Å²) in [6, 6.07) is 4.64. The van der Waals surface area contributed by atoms with Crippen LogP contribution >= 0.6 is 15.9 Å². The molecule has 1 aromatic heterocycles. The number of rotatable bonds is 3. The van der Waals surface area contributed by atoms with Crippen molar-refractivity contribution in [1.29, 1.82) is 0 Å². The summed E-state index contributed by atoms with van der Waals surface area (Å²) in [7, 11) is 0. The smallest absolute Gasteiger partial charge is 0.293 e. The molecular weight excluding hydrogens is 338 g/mol. The van der Waals surface area contributed by atoms with Crippen LogP contribution in [0.5, 0.6) is 0 Å². The molecule has 1 N–H and O–H groups in total. The van der Waals surface area contributed by atoms with Crippen molar-refractivity contribution in [2.75, 3.05) is 5.32 Å². The van der Waals surface area contributed by atoms with E-state index in [0.717, 1.165) is 11.1 Å². The highest BCUT2D eigenvalue weighted by molar-refractivity contribution is 9.10. The topological polar surface area (TPSA) is 85.1 Å².